The average molecular weight is 242 g/mol. The van der Waals surface area contributed by atoms with E-state index < -0.39 is 13.0 Å². The summed E-state index contributed by atoms with van der Waals surface area (Å²) in [6.45, 7) is 1.09. The average Bonchev–Trinajstić information content (AvgIpc) is 2.30. The molecule has 0 saturated carbocycles. The summed E-state index contributed by atoms with van der Waals surface area (Å²) in [4.78, 5) is 11.5. The number of carbonyl (C=O) groups is 1. The smallest absolute Gasteiger partial charge is 0.261 e. The lowest BCUT2D eigenvalue weighted by Gasteiger charge is -2.04. The number of ketones is 1. The quantitative estimate of drug-likeness (QED) is 0.687. The lowest BCUT2D eigenvalue weighted by molar-refractivity contribution is 0.0196. The van der Waals surface area contributed by atoms with Crippen LogP contribution in [0.3, 0.4) is 0 Å². The van der Waals surface area contributed by atoms with Crippen LogP contribution in [0.15, 0.2) is 24.3 Å². The van der Waals surface area contributed by atoms with Crippen molar-refractivity contribution in [3.8, 4) is 0 Å². The minimum atomic E-state index is -2.53. The van der Waals surface area contributed by atoms with E-state index in [1.165, 1.54) is 0 Å². The Morgan fingerprint density at radius 2 is 1.94 bits per heavy atom. The van der Waals surface area contributed by atoms with Crippen molar-refractivity contribution in [3.63, 3.8) is 0 Å². The second kappa shape index (κ2) is 7.12. The van der Waals surface area contributed by atoms with Gasteiger partial charge in [-0.3, -0.25) is 4.79 Å². The first-order chi connectivity index (χ1) is 8.13. The van der Waals surface area contributed by atoms with Crippen molar-refractivity contribution in [2.45, 2.75) is 26.2 Å². The van der Waals surface area contributed by atoms with Crippen molar-refractivity contribution in [2.75, 3.05) is 13.2 Å². The molecule has 17 heavy (non-hydrogen) atoms. The normalized spacial score (nSPS) is 10.8. The van der Waals surface area contributed by atoms with Crippen molar-refractivity contribution in [1.29, 1.82) is 0 Å². The maximum atomic E-state index is 11.8. The van der Waals surface area contributed by atoms with Crippen LogP contribution in [-0.4, -0.2) is 25.4 Å². The van der Waals surface area contributed by atoms with Gasteiger partial charge in [0.1, 0.15) is 13.2 Å². The summed E-state index contributed by atoms with van der Waals surface area (Å²) < 4.78 is 28.2. The highest BCUT2D eigenvalue weighted by molar-refractivity contribution is 5.97. The molecule has 0 spiro atoms. The molecule has 0 radical (unpaired) electrons. The fourth-order valence-electron chi connectivity index (χ4n) is 1.47. The number of Topliss-reactive ketones (excluding diaryl/α,β-unsaturated/α-hetero) is 1. The lowest BCUT2D eigenvalue weighted by Crippen LogP contribution is -2.13. The van der Waals surface area contributed by atoms with Gasteiger partial charge in [0, 0.05) is 5.56 Å². The van der Waals surface area contributed by atoms with Crippen LogP contribution in [0.25, 0.3) is 0 Å². The summed E-state index contributed by atoms with van der Waals surface area (Å²) in [5.74, 6) is -0.270. The molecule has 1 aromatic rings. The van der Waals surface area contributed by atoms with Gasteiger partial charge in [0.25, 0.3) is 6.43 Å². The molecule has 0 atom stereocenters. The third kappa shape index (κ3) is 5.04. The number of carbonyl (C=O) groups excluding carboxylic acids is 1. The summed E-state index contributed by atoms with van der Waals surface area (Å²) >= 11 is 0. The predicted molar refractivity (Wildman–Crippen MR) is 61.6 cm³/mol. The molecule has 0 saturated heterocycles. The molecule has 0 aliphatic carbocycles. The van der Waals surface area contributed by atoms with Gasteiger partial charge < -0.3 is 4.74 Å². The van der Waals surface area contributed by atoms with Gasteiger partial charge in [0.15, 0.2) is 5.78 Å². The van der Waals surface area contributed by atoms with Gasteiger partial charge in [-0.05, 0) is 12.0 Å². The Labute approximate surface area is 99.6 Å². The zero-order valence-electron chi connectivity index (χ0n) is 9.79. The minimum absolute atomic E-state index is 0.270. The van der Waals surface area contributed by atoms with Crippen LogP contribution in [-0.2, 0) is 11.2 Å². The molecule has 0 unspecified atom stereocenters. The highest BCUT2D eigenvalue weighted by Crippen LogP contribution is 2.07. The second-order valence-electron chi connectivity index (χ2n) is 3.78. The topological polar surface area (TPSA) is 26.3 Å². The lowest BCUT2D eigenvalue weighted by atomic mass is 10.1. The van der Waals surface area contributed by atoms with Crippen LogP contribution in [0.4, 0.5) is 8.78 Å². The third-order valence-corrected chi connectivity index (χ3v) is 2.29. The van der Waals surface area contributed by atoms with E-state index in [1.54, 1.807) is 12.1 Å². The van der Waals surface area contributed by atoms with Crippen molar-refractivity contribution in [1.82, 2.24) is 0 Å². The van der Waals surface area contributed by atoms with Gasteiger partial charge in [-0.1, -0.05) is 37.6 Å². The fraction of sp³-hybridized carbons (Fsp3) is 0.462. The Hall–Kier alpha value is -1.29. The highest BCUT2D eigenvalue weighted by atomic mass is 19.3. The predicted octanol–water partition coefficient (Wildman–Crippen LogP) is 3.10. The Morgan fingerprint density at radius 3 is 2.47 bits per heavy atom. The number of hydrogen-bond acceptors (Lipinski definition) is 2. The number of rotatable bonds is 7. The molecule has 94 valence electrons. The third-order valence-electron chi connectivity index (χ3n) is 2.29. The van der Waals surface area contributed by atoms with Crippen molar-refractivity contribution in [2.24, 2.45) is 0 Å². The number of halogens is 2. The number of hydrogen-bond donors (Lipinski definition) is 0. The van der Waals surface area contributed by atoms with Crippen LogP contribution < -0.4 is 0 Å². The number of benzene rings is 1. The van der Waals surface area contributed by atoms with E-state index in [4.69, 9.17) is 0 Å². The molecule has 4 heteroatoms. The van der Waals surface area contributed by atoms with Crippen molar-refractivity contribution in [3.05, 3.63) is 35.4 Å². The first kappa shape index (κ1) is 13.8. The van der Waals surface area contributed by atoms with E-state index in [9.17, 15) is 13.6 Å². The molecule has 0 aliphatic rings. The molecular formula is C13H16F2O2. The zero-order valence-corrected chi connectivity index (χ0v) is 9.79. The van der Waals surface area contributed by atoms with Crippen molar-refractivity contribution < 1.29 is 18.3 Å². The summed E-state index contributed by atoms with van der Waals surface area (Å²) in [7, 11) is 0. The second-order valence-corrected chi connectivity index (χ2v) is 3.78. The number of alkyl halides is 2. The van der Waals surface area contributed by atoms with Gasteiger partial charge in [-0.15, -0.1) is 0 Å². The molecule has 0 aromatic heterocycles. The number of ether oxygens (including phenoxy) is 1. The molecule has 1 rings (SSSR count). The maximum absolute atomic E-state index is 11.8. The van der Waals surface area contributed by atoms with Crippen molar-refractivity contribution >= 4 is 5.78 Å². The molecule has 2 nitrogen and oxygen atoms in total. The summed E-state index contributed by atoms with van der Waals surface area (Å²) in [6.07, 6.45) is -0.518. The van der Waals surface area contributed by atoms with Gasteiger partial charge >= 0.3 is 0 Å². The van der Waals surface area contributed by atoms with E-state index >= 15 is 0 Å². The van der Waals surface area contributed by atoms with E-state index in [2.05, 4.69) is 11.7 Å². The van der Waals surface area contributed by atoms with E-state index in [1.807, 2.05) is 12.1 Å². The molecule has 0 aliphatic heterocycles. The van der Waals surface area contributed by atoms with Gasteiger partial charge in [0.2, 0.25) is 0 Å². The van der Waals surface area contributed by atoms with E-state index in [0.29, 0.717) is 5.56 Å². The van der Waals surface area contributed by atoms with Gasteiger partial charge in [0.05, 0.1) is 0 Å². The van der Waals surface area contributed by atoms with Crippen LogP contribution in [0.2, 0.25) is 0 Å². The molecular weight excluding hydrogens is 226 g/mol. The fourth-order valence-corrected chi connectivity index (χ4v) is 1.47. The minimum Gasteiger partial charge on any atom is -0.367 e. The highest BCUT2D eigenvalue weighted by Gasteiger charge is 2.08. The molecule has 1 aromatic carbocycles. The molecule has 0 amide bonds. The van der Waals surface area contributed by atoms with E-state index in [0.717, 1.165) is 18.4 Å². The summed E-state index contributed by atoms with van der Waals surface area (Å²) in [6, 6.07) is 7.17. The molecule has 0 bridgehead atoms. The maximum Gasteiger partial charge on any atom is 0.261 e. The zero-order chi connectivity index (χ0) is 12.7. The largest absolute Gasteiger partial charge is 0.367 e. The van der Waals surface area contributed by atoms with Crippen LogP contribution in [0, 0.1) is 0 Å². The van der Waals surface area contributed by atoms with Crippen LogP contribution in [0.1, 0.15) is 29.3 Å². The SMILES string of the molecule is CCCc1ccc(C(=O)COCC(F)F)cc1. The molecule has 0 heterocycles. The first-order valence-corrected chi connectivity index (χ1v) is 5.61. The van der Waals surface area contributed by atoms with Crippen LogP contribution >= 0.6 is 0 Å². The molecule has 0 N–H and O–H groups in total. The summed E-state index contributed by atoms with van der Waals surface area (Å²) in [5, 5.41) is 0. The summed E-state index contributed by atoms with van der Waals surface area (Å²) in [5.41, 5.74) is 1.66. The number of aryl methyl sites for hydroxylation is 1. The Morgan fingerprint density at radius 1 is 1.29 bits per heavy atom. The standard InChI is InChI=1S/C13H16F2O2/c1-2-3-10-4-6-11(7-5-10)12(16)8-17-9-13(14)15/h4-7,13H,2-3,8-9H2,1H3. The monoisotopic (exact) mass is 242 g/mol. The molecule has 0 fully saturated rings. The first-order valence-electron chi connectivity index (χ1n) is 5.61. The Balaban J connectivity index is 2.46. The van der Waals surface area contributed by atoms with Gasteiger partial charge in [-0.2, -0.15) is 0 Å². The Kier molecular flexibility index (Phi) is 5.77. The van der Waals surface area contributed by atoms with E-state index in [-0.39, 0.29) is 12.4 Å². The Bertz CT molecular complexity index is 347. The van der Waals surface area contributed by atoms with Gasteiger partial charge in [-0.25, -0.2) is 8.78 Å². The van der Waals surface area contributed by atoms with Crippen LogP contribution in [0.5, 0.6) is 0 Å².